The molecule has 0 saturated heterocycles. The molecule has 106 valence electrons. The quantitative estimate of drug-likeness (QED) is 0.777. The fourth-order valence-corrected chi connectivity index (χ4v) is 3.22. The van der Waals surface area contributed by atoms with E-state index in [9.17, 15) is 9.59 Å². The zero-order valence-electron chi connectivity index (χ0n) is 10.8. The van der Waals surface area contributed by atoms with Crippen molar-refractivity contribution in [2.24, 2.45) is 5.92 Å². The summed E-state index contributed by atoms with van der Waals surface area (Å²) in [5, 5.41) is 15.4. The van der Waals surface area contributed by atoms with E-state index in [0.29, 0.717) is 17.6 Å². The van der Waals surface area contributed by atoms with Gasteiger partial charge in [-0.05, 0) is 12.3 Å². The Labute approximate surface area is 115 Å². The highest BCUT2D eigenvalue weighted by atomic mass is 32.2. The third-order valence-corrected chi connectivity index (χ3v) is 4.49. The third kappa shape index (κ3) is 4.12. The SMILES string of the molecule is O=C(O)CSc1n[nH]c(=O)n1CCC1CCCCC1. The first kappa shape index (κ1) is 14.2. The number of carboxylic acids is 1. The predicted octanol–water partition coefficient (Wildman–Crippen LogP) is 1.72. The standard InChI is InChI=1S/C12H19N3O3S/c16-10(17)8-19-12-14-13-11(18)15(12)7-6-9-4-2-1-3-5-9/h9H,1-8H2,(H,13,18)(H,16,17). The Balaban J connectivity index is 1.92. The van der Waals surface area contributed by atoms with E-state index in [1.165, 1.54) is 32.1 Å². The highest BCUT2D eigenvalue weighted by molar-refractivity contribution is 7.99. The van der Waals surface area contributed by atoms with Crippen LogP contribution in [0.25, 0.3) is 0 Å². The average molecular weight is 285 g/mol. The first-order valence-corrected chi connectivity index (χ1v) is 7.65. The topological polar surface area (TPSA) is 88.0 Å². The molecular weight excluding hydrogens is 266 g/mol. The van der Waals surface area contributed by atoms with Crippen molar-refractivity contribution >= 4 is 17.7 Å². The Morgan fingerprint density at radius 1 is 1.42 bits per heavy atom. The van der Waals surface area contributed by atoms with Gasteiger partial charge in [0.15, 0.2) is 5.16 Å². The Hall–Kier alpha value is -1.24. The Morgan fingerprint density at radius 3 is 2.84 bits per heavy atom. The number of aromatic amines is 1. The van der Waals surface area contributed by atoms with Gasteiger partial charge in [-0.15, -0.1) is 5.10 Å². The van der Waals surface area contributed by atoms with E-state index in [4.69, 9.17) is 5.11 Å². The van der Waals surface area contributed by atoms with Crippen LogP contribution in [0.2, 0.25) is 0 Å². The number of nitrogens with zero attached hydrogens (tertiary/aromatic N) is 2. The first-order chi connectivity index (χ1) is 9.16. The second-order valence-electron chi connectivity index (χ2n) is 4.94. The van der Waals surface area contributed by atoms with Crippen molar-refractivity contribution < 1.29 is 9.90 Å². The van der Waals surface area contributed by atoms with Gasteiger partial charge in [-0.2, -0.15) is 0 Å². The Morgan fingerprint density at radius 2 is 2.16 bits per heavy atom. The fourth-order valence-electron chi connectivity index (χ4n) is 2.52. The Bertz CT molecular complexity index is 477. The van der Waals surface area contributed by atoms with Gasteiger partial charge < -0.3 is 5.11 Å². The summed E-state index contributed by atoms with van der Waals surface area (Å²) in [6.07, 6.45) is 7.34. The van der Waals surface area contributed by atoms with Crippen LogP contribution in [0.5, 0.6) is 0 Å². The van der Waals surface area contributed by atoms with Crippen LogP contribution in [0.15, 0.2) is 9.95 Å². The van der Waals surface area contributed by atoms with Crippen LogP contribution in [-0.2, 0) is 11.3 Å². The fraction of sp³-hybridized carbons (Fsp3) is 0.750. The molecule has 1 aromatic rings. The number of hydrogen-bond acceptors (Lipinski definition) is 4. The van der Waals surface area contributed by atoms with Gasteiger partial charge in [-0.1, -0.05) is 43.9 Å². The molecule has 1 fully saturated rings. The summed E-state index contributed by atoms with van der Waals surface area (Å²) in [7, 11) is 0. The second kappa shape index (κ2) is 6.79. The molecule has 1 aromatic heterocycles. The lowest BCUT2D eigenvalue weighted by Gasteiger charge is -2.21. The third-order valence-electron chi connectivity index (χ3n) is 3.53. The normalized spacial score (nSPS) is 16.6. The minimum atomic E-state index is -0.903. The minimum absolute atomic E-state index is 0.0757. The number of aromatic nitrogens is 3. The van der Waals surface area contributed by atoms with E-state index in [2.05, 4.69) is 10.2 Å². The highest BCUT2D eigenvalue weighted by Crippen LogP contribution is 2.27. The van der Waals surface area contributed by atoms with Gasteiger partial charge in [0.05, 0.1) is 5.75 Å². The molecule has 7 heteroatoms. The van der Waals surface area contributed by atoms with Crippen LogP contribution < -0.4 is 5.69 Å². The van der Waals surface area contributed by atoms with E-state index in [1.54, 1.807) is 4.57 Å². The van der Waals surface area contributed by atoms with E-state index < -0.39 is 5.97 Å². The van der Waals surface area contributed by atoms with Gasteiger partial charge >= 0.3 is 11.7 Å². The second-order valence-corrected chi connectivity index (χ2v) is 5.88. The molecule has 0 aromatic carbocycles. The van der Waals surface area contributed by atoms with Gasteiger partial charge in [0, 0.05) is 6.54 Å². The molecule has 1 saturated carbocycles. The van der Waals surface area contributed by atoms with Crippen molar-refractivity contribution in [1.82, 2.24) is 14.8 Å². The van der Waals surface area contributed by atoms with Gasteiger partial charge in [0.1, 0.15) is 0 Å². The monoisotopic (exact) mass is 285 g/mol. The molecule has 2 rings (SSSR count). The summed E-state index contributed by atoms with van der Waals surface area (Å²) >= 11 is 1.08. The molecule has 19 heavy (non-hydrogen) atoms. The van der Waals surface area contributed by atoms with Crippen LogP contribution in [0.4, 0.5) is 0 Å². The first-order valence-electron chi connectivity index (χ1n) is 6.66. The van der Waals surface area contributed by atoms with Crippen LogP contribution >= 0.6 is 11.8 Å². The van der Waals surface area contributed by atoms with E-state index in [1.807, 2.05) is 0 Å². The molecule has 0 unspecified atom stereocenters. The number of hydrogen-bond donors (Lipinski definition) is 2. The number of thioether (sulfide) groups is 1. The van der Waals surface area contributed by atoms with Crippen molar-refractivity contribution in [3.05, 3.63) is 10.5 Å². The van der Waals surface area contributed by atoms with Crippen LogP contribution in [0.3, 0.4) is 0 Å². The van der Waals surface area contributed by atoms with Crippen LogP contribution in [-0.4, -0.2) is 31.6 Å². The van der Waals surface area contributed by atoms with Crippen molar-refractivity contribution in [3.63, 3.8) is 0 Å². The molecule has 0 spiro atoms. The minimum Gasteiger partial charge on any atom is -0.481 e. The van der Waals surface area contributed by atoms with Crippen LogP contribution in [0.1, 0.15) is 38.5 Å². The molecule has 6 nitrogen and oxygen atoms in total. The number of carboxylic acid groups (broad SMARTS) is 1. The number of rotatable bonds is 6. The average Bonchev–Trinajstić information content (AvgIpc) is 2.76. The van der Waals surface area contributed by atoms with Crippen molar-refractivity contribution in [2.45, 2.75) is 50.2 Å². The summed E-state index contributed by atoms with van der Waals surface area (Å²) < 4.78 is 1.56. The van der Waals surface area contributed by atoms with Gasteiger partial charge in [-0.3, -0.25) is 9.36 Å². The highest BCUT2D eigenvalue weighted by Gasteiger charge is 2.16. The molecule has 2 N–H and O–H groups in total. The lowest BCUT2D eigenvalue weighted by molar-refractivity contribution is -0.133. The van der Waals surface area contributed by atoms with Gasteiger partial charge in [0.2, 0.25) is 0 Å². The zero-order valence-corrected chi connectivity index (χ0v) is 11.6. The predicted molar refractivity (Wildman–Crippen MR) is 72.4 cm³/mol. The van der Waals surface area contributed by atoms with Gasteiger partial charge in [-0.25, -0.2) is 9.89 Å². The molecule has 1 heterocycles. The zero-order chi connectivity index (χ0) is 13.7. The molecule has 1 aliphatic rings. The summed E-state index contributed by atoms with van der Waals surface area (Å²) in [4.78, 5) is 22.2. The van der Waals surface area contributed by atoms with E-state index >= 15 is 0 Å². The van der Waals surface area contributed by atoms with Crippen molar-refractivity contribution in [3.8, 4) is 0 Å². The maximum Gasteiger partial charge on any atom is 0.343 e. The summed E-state index contributed by atoms with van der Waals surface area (Å²) in [5.41, 5.74) is -0.247. The lowest BCUT2D eigenvalue weighted by Crippen LogP contribution is -2.20. The number of carbonyl (C=O) groups is 1. The molecule has 0 radical (unpaired) electrons. The van der Waals surface area contributed by atoms with Gasteiger partial charge in [0.25, 0.3) is 0 Å². The molecule has 0 atom stereocenters. The maximum atomic E-state index is 11.6. The van der Waals surface area contributed by atoms with E-state index in [-0.39, 0.29) is 11.4 Å². The number of nitrogens with one attached hydrogen (secondary N) is 1. The Kier molecular flexibility index (Phi) is 5.07. The lowest BCUT2D eigenvalue weighted by atomic mass is 9.87. The molecule has 0 bridgehead atoms. The summed E-state index contributed by atoms with van der Waals surface area (Å²) in [5.74, 6) is -0.291. The number of aliphatic carboxylic acids is 1. The van der Waals surface area contributed by atoms with Crippen LogP contribution in [0, 0.1) is 5.92 Å². The van der Waals surface area contributed by atoms with Crippen molar-refractivity contribution in [2.75, 3.05) is 5.75 Å². The molecule has 1 aliphatic carbocycles. The summed E-state index contributed by atoms with van der Waals surface area (Å²) in [6.45, 7) is 0.627. The molecule has 0 amide bonds. The molecule has 0 aliphatic heterocycles. The molecular formula is C12H19N3O3S. The largest absolute Gasteiger partial charge is 0.481 e. The van der Waals surface area contributed by atoms with Crippen molar-refractivity contribution in [1.29, 1.82) is 0 Å². The van der Waals surface area contributed by atoms with E-state index in [0.717, 1.165) is 18.2 Å². The smallest absolute Gasteiger partial charge is 0.343 e. The number of H-pyrrole nitrogens is 1. The maximum absolute atomic E-state index is 11.6. The summed E-state index contributed by atoms with van der Waals surface area (Å²) in [6, 6.07) is 0.